The van der Waals surface area contributed by atoms with Crippen LogP contribution in [-0.2, 0) is 21.4 Å². The lowest BCUT2D eigenvalue weighted by Crippen LogP contribution is -2.42. The van der Waals surface area contributed by atoms with Gasteiger partial charge in [-0.2, -0.15) is 4.31 Å². The Morgan fingerprint density at radius 3 is 2.61 bits per heavy atom. The first kappa shape index (κ1) is 21.1. The molecule has 162 valence electrons. The quantitative estimate of drug-likeness (QED) is 0.608. The topological polar surface area (TPSA) is 88.9 Å². The van der Waals surface area contributed by atoms with Gasteiger partial charge < -0.3 is 14.5 Å². The Morgan fingerprint density at radius 1 is 1.10 bits per heavy atom. The number of hydrogen-bond donors (Lipinski definition) is 1. The minimum atomic E-state index is -3.90. The van der Waals surface area contributed by atoms with Crippen molar-refractivity contribution in [3.05, 3.63) is 83.8 Å². The summed E-state index contributed by atoms with van der Waals surface area (Å²) in [5.41, 5.74) is 1.84. The van der Waals surface area contributed by atoms with E-state index in [0.29, 0.717) is 18.8 Å². The average Bonchev–Trinajstić information content (AvgIpc) is 3.27. The maximum absolute atomic E-state index is 13.3. The second kappa shape index (κ2) is 8.95. The van der Waals surface area contributed by atoms with Gasteiger partial charge >= 0.3 is 0 Å². The first-order chi connectivity index (χ1) is 14.9. The van der Waals surface area contributed by atoms with Crippen molar-refractivity contribution in [1.82, 2.24) is 9.62 Å². The van der Waals surface area contributed by atoms with Crippen molar-refractivity contribution in [2.45, 2.75) is 30.8 Å². The number of fused-ring (bicyclic) bond motifs is 1. The third kappa shape index (κ3) is 4.81. The second-order valence-corrected chi connectivity index (χ2v) is 9.40. The van der Waals surface area contributed by atoms with Crippen LogP contribution in [0.3, 0.4) is 0 Å². The van der Waals surface area contributed by atoms with E-state index in [2.05, 4.69) is 5.32 Å². The molecule has 7 nitrogen and oxygen atoms in total. The molecule has 8 heteroatoms. The lowest BCUT2D eigenvalue weighted by molar-refractivity contribution is -0.122. The fourth-order valence-electron chi connectivity index (χ4n) is 3.55. The van der Waals surface area contributed by atoms with Crippen LogP contribution in [0.2, 0.25) is 0 Å². The number of para-hydroxylation sites is 1. The summed E-state index contributed by atoms with van der Waals surface area (Å²) in [5.74, 6) is 0.808. The molecule has 0 aliphatic carbocycles. The Labute approximate surface area is 181 Å². The van der Waals surface area contributed by atoms with Crippen molar-refractivity contribution in [2.24, 2.45) is 0 Å². The highest BCUT2D eigenvalue weighted by atomic mass is 32.2. The summed E-state index contributed by atoms with van der Waals surface area (Å²) in [7, 11) is -3.90. The largest absolute Gasteiger partial charge is 0.493 e. The monoisotopic (exact) mass is 440 g/mol. The first-order valence-corrected chi connectivity index (χ1v) is 11.5. The molecule has 0 saturated carbocycles. The molecule has 1 aromatic heterocycles. The zero-order chi connectivity index (χ0) is 21.8. The van der Waals surface area contributed by atoms with Gasteiger partial charge in [0.2, 0.25) is 15.9 Å². The van der Waals surface area contributed by atoms with Gasteiger partial charge in [0.25, 0.3) is 0 Å². The van der Waals surface area contributed by atoms with Gasteiger partial charge in [-0.05, 0) is 37.3 Å². The highest BCUT2D eigenvalue weighted by Gasteiger charge is 2.29. The SMILES string of the molecule is Cc1ccc(S(=O)(=O)N(CC(=O)N[C@H]2CCOc3ccccc32)Cc2ccco2)cc1. The Morgan fingerprint density at radius 2 is 1.87 bits per heavy atom. The maximum Gasteiger partial charge on any atom is 0.243 e. The molecule has 0 bridgehead atoms. The summed E-state index contributed by atoms with van der Waals surface area (Å²) in [6, 6.07) is 17.2. The number of nitrogens with zero attached hydrogens (tertiary/aromatic N) is 1. The molecule has 2 aromatic carbocycles. The summed E-state index contributed by atoms with van der Waals surface area (Å²) in [6.07, 6.45) is 2.09. The van der Waals surface area contributed by atoms with E-state index in [-0.39, 0.29) is 29.9 Å². The predicted octanol–water partition coefficient (Wildman–Crippen LogP) is 3.42. The van der Waals surface area contributed by atoms with Gasteiger partial charge in [-0.1, -0.05) is 35.9 Å². The van der Waals surface area contributed by atoms with Gasteiger partial charge in [-0.25, -0.2) is 8.42 Å². The summed E-state index contributed by atoms with van der Waals surface area (Å²) >= 11 is 0. The average molecular weight is 441 g/mol. The smallest absolute Gasteiger partial charge is 0.243 e. The fourth-order valence-corrected chi connectivity index (χ4v) is 4.92. The molecule has 0 unspecified atom stereocenters. The van der Waals surface area contributed by atoms with Crippen LogP contribution in [0.1, 0.15) is 29.3 Å². The molecule has 0 spiro atoms. The molecule has 0 fully saturated rings. The lowest BCUT2D eigenvalue weighted by Gasteiger charge is -2.28. The number of carbonyl (C=O) groups is 1. The standard InChI is InChI=1S/C23H24N2O5S/c1-17-8-10-19(11-9-17)31(27,28)25(15-18-5-4-13-29-18)16-23(26)24-21-12-14-30-22-7-3-2-6-20(21)22/h2-11,13,21H,12,14-16H2,1H3,(H,24,26)/t21-/m0/s1. The van der Waals surface area contributed by atoms with Crippen molar-refractivity contribution in [1.29, 1.82) is 0 Å². The summed E-state index contributed by atoms with van der Waals surface area (Å²) in [6.45, 7) is 2.01. The molecule has 1 N–H and O–H groups in total. The van der Waals surface area contributed by atoms with E-state index in [1.54, 1.807) is 36.4 Å². The molecule has 0 radical (unpaired) electrons. The number of nitrogens with one attached hydrogen (secondary N) is 1. The Kier molecular flexibility index (Phi) is 6.11. The molecule has 31 heavy (non-hydrogen) atoms. The van der Waals surface area contributed by atoms with E-state index in [1.807, 2.05) is 31.2 Å². The maximum atomic E-state index is 13.3. The number of aryl methyl sites for hydroxylation is 1. The van der Waals surface area contributed by atoms with E-state index in [9.17, 15) is 13.2 Å². The Bertz CT molecular complexity index is 1140. The zero-order valence-electron chi connectivity index (χ0n) is 17.2. The highest BCUT2D eigenvalue weighted by Crippen LogP contribution is 2.31. The van der Waals surface area contributed by atoms with Crippen LogP contribution < -0.4 is 10.1 Å². The van der Waals surface area contributed by atoms with E-state index in [0.717, 1.165) is 21.2 Å². The van der Waals surface area contributed by atoms with Crippen molar-refractivity contribution in [2.75, 3.05) is 13.2 Å². The van der Waals surface area contributed by atoms with Gasteiger partial charge in [-0.15, -0.1) is 0 Å². The third-order valence-electron chi connectivity index (χ3n) is 5.18. The highest BCUT2D eigenvalue weighted by molar-refractivity contribution is 7.89. The first-order valence-electron chi connectivity index (χ1n) is 10.0. The lowest BCUT2D eigenvalue weighted by atomic mass is 10.0. The van der Waals surface area contributed by atoms with Crippen LogP contribution >= 0.6 is 0 Å². The van der Waals surface area contributed by atoms with Crippen LogP contribution in [0.25, 0.3) is 0 Å². The molecule has 0 saturated heterocycles. The van der Waals surface area contributed by atoms with Crippen LogP contribution in [-0.4, -0.2) is 31.8 Å². The van der Waals surface area contributed by atoms with Crippen LogP contribution in [0.5, 0.6) is 5.75 Å². The molecule has 2 heterocycles. The number of amides is 1. The minimum Gasteiger partial charge on any atom is -0.493 e. The summed E-state index contributed by atoms with van der Waals surface area (Å²) < 4.78 is 38.7. The van der Waals surface area contributed by atoms with Gasteiger partial charge in [0.15, 0.2) is 0 Å². The number of ether oxygens (including phenoxy) is 1. The number of hydrogen-bond acceptors (Lipinski definition) is 5. The predicted molar refractivity (Wildman–Crippen MR) is 115 cm³/mol. The van der Waals surface area contributed by atoms with Crippen molar-refractivity contribution in [3.8, 4) is 5.75 Å². The number of furan rings is 1. The van der Waals surface area contributed by atoms with E-state index in [1.165, 1.54) is 6.26 Å². The number of carbonyl (C=O) groups excluding carboxylic acids is 1. The van der Waals surface area contributed by atoms with E-state index in [4.69, 9.17) is 9.15 Å². The molecule has 1 aliphatic rings. The molecular weight excluding hydrogens is 416 g/mol. The number of benzene rings is 2. The van der Waals surface area contributed by atoms with Crippen molar-refractivity contribution < 1.29 is 22.4 Å². The van der Waals surface area contributed by atoms with E-state index < -0.39 is 10.0 Å². The third-order valence-corrected chi connectivity index (χ3v) is 6.99. The molecule has 4 rings (SSSR count). The zero-order valence-corrected chi connectivity index (χ0v) is 18.0. The molecule has 3 aromatic rings. The minimum absolute atomic E-state index is 0.0407. The fraction of sp³-hybridized carbons (Fsp3) is 0.261. The molecule has 1 amide bonds. The van der Waals surface area contributed by atoms with Crippen LogP contribution in [0, 0.1) is 6.92 Å². The molecule has 1 atom stereocenters. The van der Waals surface area contributed by atoms with Crippen molar-refractivity contribution >= 4 is 15.9 Å². The van der Waals surface area contributed by atoms with Gasteiger partial charge in [-0.3, -0.25) is 4.79 Å². The normalized spacial score (nSPS) is 15.9. The van der Waals surface area contributed by atoms with Gasteiger partial charge in [0, 0.05) is 12.0 Å². The van der Waals surface area contributed by atoms with Crippen LogP contribution in [0.4, 0.5) is 0 Å². The number of rotatable bonds is 7. The van der Waals surface area contributed by atoms with E-state index >= 15 is 0 Å². The summed E-state index contributed by atoms with van der Waals surface area (Å²) in [4.78, 5) is 13.0. The van der Waals surface area contributed by atoms with Gasteiger partial charge in [0.05, 0.1) is 36.9 Å². The molecular formula is C23H24N2O5S. The van der Waals surface area contributed by atoms with Gasteiger partial charge in [0.1, 0.15) is 11.5 Å². The van der Waals surface area contributed by atoms with Crippen molar-refractivity contribution in [3.63, 3.8) is 0 Å². The second-order valence-electron chi connectivity index (χ2n) is 7.46. The Hall–Kier alpha value is -3.10. The Balaban J connectivity index is 1.55. The molecule has 1 aliphatic heterocycles. The summed E-state index contributed by atoms with van der Waals surface area (Å²) in [5, 5.41) is 2.96. The number of sulfonamides is 1. The van der Waals surface area contributed by atoms with Crippen LogP contribution in [0.15, 0.2) is 76.2 Å².